The van der Waals surface area contributed by atoms with Crippen LogP contribution in [0.25, 0.3) is 0 Å². The fourth-order valence-corrected chi connectivity index (χ4v) is 3.04. The van der Waals surface area contributed by atoms with Gasteiger partial charge in [0, 0.05) is 18.8 Å². The van der Waals surface area contributed by atoms with E-state index in [1.54, 1.807) is 27.8 Å². The first-order valence-corrected chi connectivity index (χ1v) is 8.53. The quantitative estimate of drug-likeness (QED) is 0.721. The molecule has 0 N–H and O–H groups in total. The van der Waals surface area contributed by atoms with Crippen molar-refractivity contribution in [2.75, 3.05) is 11.4 Å². The first-order valence-electron chi connectivity index (χ1n) is 8.53. The second-order valence-corrected chi connectivity index (χ2v) is 6.13. The molecule has 0 bridgehead atoms. The number of rotatable bonds is 4. The highest BCUT2D eigenvalue weighted by atomic mass is 19.1. The van der Waals surface area contributed by atoms with Crippen molar-refractivity contribution in [2.24, 2.45) is 0 Å². The van der Waals surface area contributed by atoms with Crippen molar-refractivity contribution >= 4 is 11.6 Å². The Hall–Kier alpha value is -3.15. The Kier molecular flexibility index (Phi) is 4.39. The molecule has 3 aromatic rings. The standard InChI is InChI=1S/C20H18FN3O2/c21-15-7-9-17(10-8-15)23-11-4-12-24-19(20(23)25)13-16(22-24)14-26-18-5-2-1-3-6-18/h1-3,5-10,13H,4,11-12,14H2. The molecule has 4 rings (SSSR count). The Balaban J connectivity index is 1.54. The van der Waals surface area contributed by atoms with Gasteiger partial charge < -0.3 is 9.64 Å². The molecule has 1 aliphatic heterocycles. The van der Waals surface area contributed by atoms with Crippen LogP contribution in [0.4, 0.5) is 10.1 Å². The molecule has 1 aromatic heterocycles. The largest absolute Gasteiger partial charge is 0.487 e. The van der Waals surface area contributed by atoms with Gasteiger partial charge in [-0.25, -0.2) is 4.39 Å². The number of hydrogen-bond donors (Lipinski definition) is 0. The lowest BCUT2D eigenvalue weighted by Crippen LogP contribution is -2.30. The normalized spacial score (nSPS) is 14.0. The van der Waals surface area contributed by atoms with Crippen molar-refractivity contribution in [2.45, 2.75) is 19.6 Å². The predicted octanol–water partition coefficient (Wildman–Crippen LogP) is 3.65. The van der Waals surface area contributed by atoms with Crippen LogP contribution >= 0.6 is 0 Å². The summed E-state index contributed by atoms with van der Waals surface area (Å²) in [5.74, 6) is 0.309. The second kappa shape index (κ2) is 7.00. The van der Waals surface area contributed by atoms with E-state index < -0.39 is 0 Å². The first kappa shape index (κ1) is 16.3. The van der Waals surface area contributed by atoms with Crippen molar-refractivity contribution in [3.05, 3.63) is 77.9 Å². The predicted molar refractivity (Wildman–Crippen MR) is 95.7 cm³/mol. The maximum atomic E-state index is 13.2. The van der Waals surface area contributed by atoms with Gasteiger partial charge >= 0.3 is 0 Å². The molecular formula is C20H18FN3O2. The summed E-state index contributed by atoms with van der Waals surface area (Å²) in [6, 6.07) is 17.2. The molecule has 1 amide bonds. The maximum Gasteiger partial charge on any atom is 0.276 e. The monoisotopic (exact) mass is 351 g/mol. The summed E-state index contributed by atoms with van der Waals surface area (Å²) in [4.78, 5) is 14.6. The zero-order valence-electron chi connectivity index (χ0n) is 14.1. The van der Waals surface area contributed by atoms with Crippen molar-refractivity contribution in [1.82, 2.24) is 9.78 Å². The van der Waals surface area contributed by atoms with Gasteiger partial charge in [0.1, 0.15) is 29.6 Å². The number of anilines is 1. The minimum Gasteiger partial charge on any atom is -0.487 e. The number of benzene rings is 2. The minimum absolute atomic E-state index is 0.132. The molecule has 0 aliphatic carbocycles. The molecule has 1 aliphatic rings. The van der Waals surface area contributed by atoms with E-state index >= 15 is 0 Å². The molecule has 5 nitrogen and oxygen atoms in total. The number of carbonyl (C=O) groups is 1. The van der Waals surface area contributed by atoms with Crippen molar-refractivity contribution in [3.8, 4) is 5.75 Å². The Morgan fingerprint density at radius 3 is 2.58 bits per heavy atom. The molecule has 0 saturated heterocycles. The third-order valence-corrected chi connectivity index (χ3v) is 4.31. The van der Waals surface area contributed by atoms with E-state index in [-0.39, 0.29) is 11.7 Å². The number of hydrogen-bond acceptors (Lipinski definition) is 3. The number of halogens is 1. The summed E-state index contributed by atoms with van der Waals surface area (Å²) >= 11 is 0. The van der Waals surface area contributed by atoms with E-state index in [2.05, 4.69) is 5.10 Å². The Labute approximate surface area is 150 Å². The zero-order chi connectivity index (χ0) is 17.9. The van der Waals surface area contributed by atoms with Crippen LogP contribution in [0.2, 0.25) is 0 Å². The molecule has 26 heavy (non-hydrogen) atoms. The fraction of sp³-hybridized carbons (Fsp3) is 0.200. The van der Waals surface area contributed by atoms with Gasteiger partial charge in [-0.05, 0) is 48.9 Å². The molecule has 0 radical (unpaired) electrons. The molecule has 0 fully saturated rings. The SMILES string of the molecule is O=C1c2cc(COc3ccccc3)nn2CCCN1c1ccc(F)cc1. The van der Waals surface area contributed by atoms with Gasteiger partial charge in [0.05, 0.1) is 0 Å². The van der Waals surface area contributed by atoms with Gasteiger partial charge in [-0.2, -0.15) is 5.10 Å². The summed E-state index contributed by atoms with van der Waals surface area (Å²) in [5.41, 5.74) is 1.92. The molecule has 0 unspecified atom stereocenters. The summed E-state index contributed by atoms with van der Waals surface area (Å²) in [7, 11) is 0. The van der Waals surface area contributed by atoms with Crippen LogP contribution in [0, 0.1) is 5.82 Å². The first-order chi connectivity index (χ1) is 12.7. The van der Waals surface area contributed by atoms with Crippen LogP contribution in [-0.4, -0.2) is 22.2 Å². The van der Waals surface area contributed by atoms with E-state index in [4.69, 9.17) is 4.74 Å². The number of fused-ring (bicyclic) bond motifs is 1. The fourth-order valence-electron chi connectivity index (χ4n) is 3.04. The Morgan fingerprint density at radius 1 is 1.04 bits per heavy atom. The van der Waals surface area contributed by atoms with Crippen LogP contribution in [0.3, 0.4) is 0 Å². The highest BCUT2D eigenvalue weighted by molar-refractivity contribution is 6.05. The lowest BCUT2D eigenvalue weighted by molar-refractivity contribution is 0.0982. The summed E-state index contributed by atoms with van der Waals surface area (Å²) in [5, 5.41) is 4.50. The van der Waals surface area contributed by atoms with E-state index in [0.717, 1.165) is 12.2 Å². The molecular weight excluding hydrogens is 333 g/mol. The molecule has 0 atom stereocenters. The van der Waals surface area contributed by atoms with Crippen LogP contribution in [0.15, 0.2) is 60.7 Å². The van der Waals surface area contributed by atoms with E-state index in [1.807, 2.05) is 30.3 Å². The second-order valence-electron chi connectivity index (χ2n) is 6.13. The smallest absolute Gasteiger partial charge is 0.276 e. The number of aromatic nitrogens is 2. The topological polar surface area (TPSA) is 47.4 Å². The number of ether oxygens (including phenoxy) is 1. The Bertz CT molecular complexity index is 907. The minimum atomic E-state index is -0.318. The maximum absolute atomic E-state index is 13.2. The molecule has 2 aromatic carbocycles. The summed E-state index contributed by atoms with van der Waals surface area (Å²) in [6.07, 6.45) is 0.775. The third kappa shape index (κ3) is 3.31. The molecule has 0 spiro atoms. The average molecular weight is 351 g/mol. The van der Waals surface area contributed by atoms with Gasteiger partial charge in [-0.15, -0.1) is 0 Å². The van der Waals surface area contributed by atoms with E-state index in [0.29, 0.717) is 36.8 Å². The lowest BCUT2D eigenvalue weighted by Gasteiger charge is -2.20. The Morgan fingerprint density at radius 2 is 1.81 bits per heavy atom. The average Bonchev–Trinajstić information content (AvgIpc) is 3.01. The van der Waals surface area contributed by atoms with Crippen molar-refractivity contribution in [1.29, 1.82) is 0 Å². The molecule has 132 valence electrons. The van der Waals surface area contributed by atoms with Gasteiger partial charge in [0.25, 0.3) is 5.91 Å². The highest BCUT2D eigenvalue weighted by Gasteiger charge is 2.25. The molecule has 2 heterocycles. The van der Waals surface area contributed by atoms with Crippen molar-refractivity contribution < 1.29 is 13.9 Å². The van der Waals surface area contributed by atoms with Gasteiger partial charge in [0.15, 0.2) is 0 Å². The number of nitrogens with zero attached hydrogens (tertiary/aromatic N) is 3. The molecule has 0 saturated carbocycles. The number of para-hydroxylation sites is 1. The summed E-state index contributed by atoms with van der Waals surface area (Å²) < 4.78 is 20.6. The van der Waals surface area contributed by atoms with E-state index in [9.17, 15) is 9.18 Å². The number of carbonyl (C=O) groups excluding carboxylic acids is 1. The molecule has 6 heteroatoms. The van der Waals surface area contributed by atoms with Crippen molar-refractivity contribution in [3.63, 3.8) is 0 Å². The van der Waals surface area contributed by atoms with Crippen LogP contribution in [-0.2, 0) is 13.2 Å². The summed E-state index contributed by atoms with van der Waals surface area (Å²) in [6.45, 7) is 1.53. The van der Waals surface area contributed by atoms with E-state index in [1.165, 1.54) is 12.1 Å². The number of amides is 1. The van der Waals surface area contributed by atoms with Gasteiger partial charge in [0.2, 0.25) is 0 Å². The van der Waals surface area contributed by atoms with Crippen LogP contribution in [0.1, 0.15) is 22.6 Å². The number of aryl methyl sites for hydroxylation is 1. The van der Waals surface area contributed by atoms with Gasteiger partial charge in [-0.3, -0.25) is 9.48 Å². The lowest BCUT2D eigenvalue weighted by atomic mass is 10.2. The highest BCUT2D eigenvalue weighted by Crippen LogP contribution is 2.22. The van der Waals surface area contributed by atoms with Gasteiger partial charge in [-0.1, -0.05) is 18.2 Å². The van der Waals surface area contributed by atoms with Crippen LogP contribution in [0.5, 0.6) is 5.75 Å². The van der Waals surface area contributed by atoms with Crippen LogP contribution < -0.4 is 9.64 Å². The zero-order valence-corrected chi connectivity index (χ0v) is 14.1. The third-order valence-electron chi connectivity index (χ3n) is 4.31.